The van der Waals surface area contributed by atoms with E-state index in [2.05, 4.69) is 62.4 Å². The fraction of sp³-hybridized carbons (Fsp3) is 0.400. The molecule has 1 aliphatic carbocycles. The second-order valence-electron chi connectivity index (χ2n) is 6.76. The van der Waals surface area contributed by atoms with Crippen LogP contribution < -0.4 is 0 Å². The molecule has 2 aromatic carbocycles. The zero-order valence-electron chi connectivity index (χ0n) is 12.8. The van der Waals surface area contributed by atoms with Crippen molar-refractivity contribution >= 4 is 0 Å². The van der Waals surface area contributed by atoms with Crippen molar-refractivity contribution in [3.8, 4) is 0 Å². The van der Waals surface area contributed by atoms with E-state index in [1.807, 2.05) is 0 Å². The van der Waals surface area contributed by atoms with Crippen molar-refractivity contribution in [2.75, 3.05) is 0 Å². The molecule has 0 spiro atoms. The van der Waals surface area contributed by atoms with Crippen LogP contribution in [-0.2, 0) is 11.2 Å². The summed E-state index contributed by atoms with van der Waals surface area (Å²) in [7, 11) is 0. The lowest BCUT2D eigenvalue weighted by molar-refractivity contribution is 0.0157. The first-order chi connectivity index (χ1) is 10.2. The Hall–Kier alpha value is -1.60. The maximum atomic E-state index is 6.49. The molecule has 1 heteroatoms. The van der Waals surface area contributed by atoms with Crippen molar-refractivity contribution in [2.45, 2.75) is 44.8 Å². The predicted octanol–water partition coefficient (Wildman–Crippen LogP) is 4.86. The first-order valence-electron chi connectivity index (χ1n) is 8.05. The fourth-order valence-electron chi connectivity index (χ4n) is 3.96. The van der Waals surface area contributed by atoms with E-state index in [1.165, 1.54) is 22.3 Å². The third-order valence-corrected chi connectivity index (χ3v) is 5.11. The summed E-state index contributed by atoms with van der Waals surface area (Å²) in [6, 6.07) is 17.8. The van der Waals surface area contributed by atoms with Crippen LogP contribution in [-0.4, -0.2) is 6.10 Å². The summed E-state index contributed by atoms with van der Waals surface area (Å²) in [6.07, 6.45) is 2.79. The summed E-state index contributed by atoms with van der Waals surface area (Å²) in [4.78, 5) is 0. The summed E-state index contributed by atoms with van der Waals surface area (Å²) >= 11 is 0. The molecule has 1 saturated heterocycles. The third-order valence-electron chi connectivity index (χ3n) is 5.11. The molecule has 0 amide bonds. The van der Waals surface area contributed by atoms with Gasteiger partial charge in [0.2, 0.25) is 0 Å². The van der Waals surface area contributed by atoms with Gasteiger partial charge < -0.3 is 4.74 Å². The lowest BCUT2D eigenvalue weighted by Crippen LogP contribution is -2.14. The molecule has 0 radical (unpaired) electrons. The Labute approximate surface area is 127 Å². The van der Waals surface area contributed by atoms with Gasteiger partial charge in [0.15, 0.2) is 0 Å². The quantitative estimate of drug-likeness (QED) is 0.723. The molecule has 0 aromatic heterocycles. The molecule has 0 N–H and O–H groups in total. The van der Waals surface area contributed by atoms with Gasteiger partial charge in [-0.3, -0.25) is 0 Å². The van der Waals surface area contributed by atoms with Gasteiger partial charge in [0, 0.05) is 5.92 Å². The van der Waals surface area contributed by atoms with Crippen molar-refractivity contribution in [3.63, 3.8) is 0 Å². The maximum Gasteiger partial charge on any atom is 0.0901 e. The lowest BCUT2D eigenvalue weighted by Gasteiger charge is -2.19. The monoisotopic (exact) mass is 278 g/mol. The van der Waals surface area contributed by atoms with E-state index in [-0.39, 0.29) is 6.10 Å². The number of ether oxygens (including phenoxy) is 1. The van der Waals surface area contributed by atoms with Crippen LogP contribution in [0.25, 0.3) is 0 Å². The molecule has 1 aliphatic heterocycles. The minimum absolute atomic E-state index is 0.234. The molecule has 2 aromatic rings. The highest BCUT2D eigenvalue weighted by atomic mass is 16.5. The highest BCUT2D eigenvalue weighted by Crippen LogP contribution is 2.50. The molecule has 1 heterocycles. The van der Waals surface area contributed by atoms with E-state index >= 15 is 0 Å². The molecule has 0 saturated carbocycles. The summed E-state index contributed by atoms with van der Waals surface area (Å²) in [6.45, 7) is 4.54. The normalized spacial score (nSPS) is 26.9. The Morgan fingerprint density at radius 3 is 2.24 bits per heavy atom. The molecule has 3 unspecified atom stereocenters. The molecular weight excluding hydrogens is 256 g/mol. The van der Waals surface area contributed by atoms with Gasteiger partial charge in [-0.15, -0.1) is 0 Å². The molecule has 4 rings (SSSR count). The molecular formula is C20H22O. The number of hydrogen-bond acceptors (Lipinski definition) is 1. The van der Waals surface area contributed by atoms with Crippen molar-refractivity contribution in [2.24, 2.45) is 5.92 Å². The van der Waals surface area contributed by atoms with Gasteiger partial charge in [0.1, 0.15) is 0 Å². The first-order valence-corrected chi connectivity index (χ1v) is 8.05. The first kappa shape index (κ1) is 13.1. The van der Waals surface area contributed by atoms with E-state index < -0.39 is 0 Å². The standard InChI is InChI=1S/C20H22O/c1-13(2)19-12-18-16-9-5-3-7-14(16)11-15-8-4-6-10-17(15)20(18)21-19/h3-10,13,18-20H,11-12H2,1-2H3. The van der Waals surface area contributed by atoms with Gasteiger partial charge in [0.25, 0.3) is 0 Å². The maximum absolute atomic E-state index is 6.49. The van der Waals surface area contributed by atoms with E-state index in [9.17, 15) is 0 Å². The smallest absolute Gasteiger partial charge is 0.0901 e. The van der Waals surface area contributed by atoms with Crippen molar-refractivity contribution < 1.29 is 4.74 Å². The number of rotatable bonds is 1. The molecule has 108 valence electrons. The number of hydrogen-bond donors (Lipinski definition) is 0. The predicted molar refractivity (Wildman–Crippen MR) is 85.5 cm³/mol. The zero-order valence-corrected chi connectivity index (χ0v) is 12.8. The number of benzene rings is 2. The van der Waals surface area contributed by atoms with Crippen LogP contribution in [0.4, 0.5) is 0 Å². The van der Waals surface area contributed by atoms with E-state index in [4.69, 9.17) is 4.74 Å². The molecule has 21 heavy (non-hydrogen) atoms. The second-order valence-corrected chi connectivity index (χ2v) is 6.76. The summed E-state index contributed by atoms with van der Waals surface area (Å²) in [5, 5.41) is 0. The average Bonchev–Trinajstić information content (AvgIpc) is 2.89. The van der Waals surface area contributed by atoms with Gasteiger partial charge in [-0.05, 0) is 41.0 Å². The average molecular weight is 278 g/mol. The second kappa shape index (κ2) is 4.99. The third kappa shape index (κ3) is 2.11. The topological polar surface area (TPSA) is 9.23 Å². The molecule has 1 nitrogen and oxygen atoms in total. The Morgan fingerprint density at radius 1 is 0.905 bits per heavy atom. The zero-order chi connectivity index (χ0) is 14.4. The van der Waals surface area contributed by atoms with Crippen LogP contribution in [0.1, 0.15) is 54.5 Å². The minimum atomic E-state index is 0.234. The largest absolute Gasteiger partial charge is 0.369 e. The van der Waals surface area contributed by atoms with Gasteiger partial charge in [0.05, 0.1) is 12.2 Å². The number of fused-ring (bicyclic) bond motifs is 5. The van der Waals surface area contributed by atoms with Gasteiger partial charge in [-0.25, -0.2) is 0 Å². The molecule has 0 bridgehead atoms. The van der Waals surface area contributed by atoms with E-state index in [0.717, 1.165) is 12.8 Å². The highest BCUT2D eigenvalue weighted by Gasteiger charge is 2.41. The van der Waals surface area contributed by atoms with Crippen LogP contribution in [0.3, 0.4) is 0 Å². The minimum Gasteiger partial charge on any atom is -0.369 e. The van der Waals surface area contributed by atoms with Gasteiger partial charge >= 0.3 is 0 Å². The van der Waals surface area contributed by atoms with Crippen LogP contribution >= 0.6 is 0 Å². The summed E-state index contributed by atoms with van der Waals surface area (Å²) in [5.74, 6) is 1.09. The van der Waals surface area contributed by atoms with E-state index in [1.54, 1.807) is 0 Å². The van der Waals surface area contributed by atoms with Crippen LogP contribution in [0.2, 0.25) is 0 Å². The Morgan fingerprint density at radius 2 is 1.52 bits per heavy atom. The van der Waals surface area contributed by atoms with E-state index in [0.29, 0.717) is 17.9 Å². The van der Waals surface area contributed by atoms with Gasteiger partial charge in [-0.2, -0.15) is 0 Å². The van der Waals surface area contributed by atoms with Crippen LogP contribution in [0, 0.1) is 5.92 Å². The van der Waals surface area contributed by atoms with Crippen LogP contribution in [0.15, 0.2) is 48.5 Å². The van der Waals surface area contributed by atoms with Gasteiger partial charge in [-0.1, -0.05) is 62.4 Å². The Kier molecular flexibility index (Phi) is 3.11. The lowest BCUT2D eigenvalue weighted by atomic mass is 9.86. The highest BCUT2D eigenvalue weighted by molar-refractivity contribution is 5.45. The van der Waals surface area contributed by atoms with Crippen molar-refractivity contribution in [1.82, 2.24) is 0 Å². The van der Waals surface area contributed by atoms with Crippen molar-refractivity contribution in [3.05, 3.63) is 70.8 Å². The Balaban J connectivity index is 1.86. The molecule has 1 fully saturated rings. The van der Waals surface area contributed by atoms with Crippen LogP contribution in [0.5, 0.6) is 0 Å². The molecule has 3 atom stereocenters. The Bertz CT molecular complexity index is 605. The molecule has 2 aliphatic rings. The SMILES string of the molecule is CC(C)C1CC2c3ccccc3Cc3ccccc3C2O1. The summed E-state index contributed by atoms with van der Waals surface area (Å²) < 4.78 is 6.49. The summed E-state index contributed by atoms with van der Waals surface area (Å²) in [5.41, 5.74) is 5.82. The van der Waals surface area contributed by atoms with Crippen molar-refractivity contribution in [1.29, 1.82) is 0 Å². The fourth-order valence-corrected chi connectivity index (χ4v) is 3.96.